The van der Waals surface area contributed by atoms with Crippen molar-refractivity contribution in [1.29, 1.82) is 0 Å². The molecule has 2 N–H and O–H groups in total. The molecule has 0 atom stereocenters. The molecular weight excluding hydrogens is 290 g/mol. The van der Waals surface area contributed by atoms with E-state index in [2.05, 4.69) is 20.7 Å². The van der Waals surface area contributed by atoms with E-state index in [4.69, 9.17) is 0 Å². The third-order valence-electron chi connectivity index (χ3n) is 4.48. The predicted octanol–water partition coefficient (Wildman–Crippen LogP) is 2.15. The average Bonchev–Trinajstić information content (AvgIpc) is 2.92. The molecule has 0 aliphatic carbocycles. The third kappa shape index (κ3) is 3.42. The second-order valence-electron chi connectivity index (χ2n) is 6.19. The van der Waals surface area contributed by atoms with Crippen molar-refractivity contribution in [3.05, 3.63) is 40.7 Å². The number of aromatic nitrogens is 3. The van der Waals surface area contributed by atoms with E-state index in [1.165, 1.54) is 5.56 Å². The van der Waals surface area contributed by atoms with Gasteiger partial charge in [-0.2, -0.15) is 10.1 Å². The first-order chi connectivity index (χ1) is 11.0. The fraction of sp³-hybridized carbons (Fsp3) is 0.471. The lowest BCUT2D eigenvalue weighted by molar-refractivity contribution is 0.102. The molecule has 0 saturated carbocycles. The maximum Gasteiger partial charge on any atom is 0.258 e. The van der Waals surface area contributed by atoms with Crippen molar-refractivity contribution < 1.29 is 4.79 Å². The number of aryl methyl sites for hydroxylation is 3. The van der Waals surface area contributed by atoms with Crippen molar-refractivity contribution in [2.24, 2.45) is 7.05 Å². The Morgan fingerprint density at radius 2 is 2.00 bits per heavy atom. The van der Waals surface area contributed by atoms with E-state index in [0.717, 1.165) is 37.3 Å². The van der Waals surface area contributed by atoms with Crippen molar-refractivity contribution in [2.45, 2.75) is 32.6 Å². The molecule has 23 heavy (non-hydrogen) atoms. The van der Waals surface area contributed by atoms with Gasteiger partial charge >= 0.3 is 0 Å². The van der Waals surface area contributed by atoms with Gasteiger partial charge < -0.3 is 5.32 Å². The van der Waals surface area contributed by atoms with Crippen LogP contribution in [-0.4, -0.2) is 33.8 Å². The Morgan fingerprint density at radius 3 is 2.70 bits per heavy atom. The van der Waals surface area contributed by atoms with Gasteiger partial charge in [0.2, 0.25) is 5.95 Å². The molecule has 6 heteroatoms. The number of hydrogen-bond donors (Lipinski definition) is 2. The van der Waals surface area contributed by atoms with Crippen LogP contribution in [0, 0.1) is 13.8 Å². The molecule has 122 valence electrons. The molecule has 1 saturated heterocycles. The SMILES string of the molecule is Cc1ccc(C(=O)Nc2nc(C3CCNCC3)nn2C)cc1C. The summed E-state index contributed by atoms with van der Waals surface area (Å²) in [4.78, 5) is 16.9. The normalized spacial score (nSPS) is 15.6. The fourth-order valence-corrected chi connectivity index (χ4v) is 2.82. The Bertz CT molecular complexity index is 716. The van der Waals surface area contributed by atoms with Crippen LogP contribution in [0.15, 0.2) is 18.2 Å². The van der Waals surface area contributed by atoms with Gasteiger partial charge in [-0.15, -0.1) is 0 Å². The zero-order valence-corrected chi connectivity index (χ0v) is 13.9. The number of nitrogens with one attached hydrogen (secondary N) is 2. The fourth-order valence-electron chi connectivity index (χ4n) is 2.82. The van der Waals surface area contributed by atoms with Crippen LogP contribution in [0.4, 0.5) is 5.95 Å². The van der Waals surface area contributed by atoms with Crippen LogP contribution in [-0.2, 0) is 7.05 Å². The van der Waals surface area contributed by atoms with Gasteiger partial charge in [0.25, 0.3) is 5.91 Å². The van der Waals surface area contributed by atoms with E-state index in [0.29, 0.717) is 17.4 Å². The summed E-state index contributed by atoms with van der Waals surface area (Å²) in [5, 5.41) is 10.7. The predicted molar refractivity (Wildman–Crippen MR) is 89.7 cm³/mol. The number of carbonyl (C=O) groups excluding carboxylic acids is 1. The molecule has 1 amide bonds. The van der Waals surface area contributed by atoms with E-state index in [1.54, 1.807) is 4.68 Å². The first-order valence-electron chi connectivity index (χ1n) is 8.05. The maximum atomic E-state index is 12.4. The van der Waals surface area contributed by atoms with Gasteiger partial charge in [0, 0.05) is 18.5 Å². The lowest BCUT2D eigenvalue weighted by atomic mass is 9.98. The van der Waals surface area contributed by atoms with Gasteiger partial charge in [0.05, 0.1) is 0 Å². The minimum atomic E-state index is -0.152. The maximum absolute atomic E-state index is 12.4. The van der Waals surface area contributed by atoms with Crippen molar-refractivity contribution in [3.63, 3.8) is 0 Å². The molecule has 1 aliphatic heterocycles. The van der Waals surface area contributed by atoms with Crippen molar-refractivity contribution in [3.8, 4) is 0 Å². The molecule has 0 bridgehead atoms. The van der Waals surface area contributed by atoms with Gasteiger partial charge in [-0.1, -0.05) is 6.07 Å². The first kappa shape index (κ1) is 15.7. The molecule has 1 aromatic heterocycles. The molecular formula is C17H23N5O. The second-order valence-corrected chi connectivity index (χ2v) is 6.19. The Balaban J connectivity index is 1.75. The number of amides is 1. The van der Waals surface area contributed by atoms with Gasteiger partial charge in [-0.3, -0.25) is 10.1 Å². The number of rotatable bonds is 3. The molecule has 6 nitrogen and oxygen atoms in total. The van der Waals surface area contributed by atoms with E-state index < -0.39 is 0 Å². The molecule has 0 spiro atoms. The van der Waals surface area contributed by atoms with Crippen LogP contribution in [0.1, 0.15) is 46.1 Å². The first-order valence-corrected chi connectivity index (χ1v) is 8.05. The van der Waals surface area contributed by atoms with Crippen LogP contribution in [0.25, 0.3) is 0 Å². The third-order valence-corrected chi connectivity index (χ3v) is 4.48. The van der Waals surface area contributed by atoms with E-state index >= 15 is 0 Å². The number of carbonyl (C=O) groups is 1. The molecule has 1 aromatic carbocycles. The lowest BCUT2D eigenvalue weighted by Crippen LogP contribution is -2.27. The highest BCUT2D eigenvalue weighted by Gasteiger charge is 2.21. The summed E-state index contributed by atoms with van der Waals surface area (Å²) in [6.45, 7) is 6.02. The Kier molecular flexibility index (Phi) is 4.43. The molecule has 0 radical (unpaired) electrons. The zero-order chi connectivity index (χ0) is 16.4. The van der Waals surface area contributed by atoms with E-state index in [9.17, 15) is 4.79 Å². The van der Waals surface area contributed by atoms with Crippen molar-refractivity contribution in [2.75, 3.05) is 18.4 Å². The smallest absolute Gasteiger partial charge is 0.258 e. The van der Waals surface area contributed by atoms with Gasteiger partial charge in [-0.05, 0) is 63.0 Å². The summed E-state index contributed by atoms with van der Waals surface area (Å²) in [6, 6.07) is 5.69. The summed E-state index contributed by atoms with van der Waals surface area (Å²) < 4.78 is 1.65. The van der Waals surface area contributed by atoms with Crippen LogP contribution < -0.4 is 10.6 Å². The molecule has 1 aliphatic rings. The van der Waals surface area contributed by atoms with E-state index in [1.807, 2.05) is 39.1 Å². The average molecular weight is 313 g/mol. The minimum Gasteiger partial charge on any atom is -0.317 e. The largest absolute Gasteiger partial charge is 0.317 e. The van der Waals surface area contributed by atoms with Crippen LogP contribution >= 0.6 is 0 Å². The molecule has 0 unspecified atom stereocenters. The van der Waals surface area contributed by atoms with Crippen molar-refractivity contribution in [1.82, 2.24) is 20.1 Å². The van der Waals surface area contributed by atoms with Gasteiger partial charge in [-0.25, -0.2) is 4.68 Å². The highest BCUT2D eigenvalue weighted by atomic mass is 16.1. The summed E-state index contributed by atoms with van der Waals surface area (Å²) in [6.07, 6.45) is 2.07. The molecule has 2 heterocycles. The number of anilines is 1. The number of benzene rings is 1. The molecule has 1 fully saturated rings. The highest BCUT2D eigenvalue weighted by molar-refractivity contribution is 6.03. The van der Waals surface area contributed by atoms with E-state index in [-0.39, 0.29) is 5.91 Å². The topological polar surface area (TPSA) is 71.8 Å². The lowest BCUT2D eigenvalue weighted by Gasteiger charge is -2.19. The van der Waals surface area contributed by atoms with Crippen molar-refractivity contribution >= 4 is 11.9 Å². The summed E-state index contributed by atoms with van der Waals surface area (Å²) in [5.41, 5.74) is 2.92. The Hall–Kier alpha value is -2.21. The molecule has 2 aromatic rings. The number of hydrogen-bond acceptors (Lipinski definition) is 4. The number of nitrogens with zero attached hydrogens (tertiary/aromatic N) is 3. The highest BCUT2D eigenvalue weighted by Crippen LogP contribution is 2.23. The second kappa shape index (κ2) is 6.50. The Labute approximate surface area is 136 Å². The minimum absolute atomic E-state index is 0.152. The summed E-state index contributed by atoms with van der Waals surface area (Å²) in [5.74, 6) is 1.54. The van der Waals surface area contributed by atoms with Crippen LogP contribution in [0.3, 0.4) is 0 Å². The number of piperidine rings is 1. The van der Waals surface area contributed by atoms with Gasteiger partial charge in [0.1, 0.15) is 0 Å². The van der Waals surface area contributed by atoms with Crippen LogP contribution in [0.2, 0.25) is 0 Å². The van der Waals surface area contributed by atoms with Gasteiger partial charge in [0.15, 0.2) is 5.82 Å². The monoisotopic (exact) mass is 313 g/mol. The quantitative estimate of drug-likeness (QED) is 0.911. The summed E-state index contributed by atoms with van der Waals surface area (Å²) in [7, 11) is 1.81. The zero-order valence-electron chi connectivity index (χ0n) is 13.9. The summed E-state index contributed by atoms with van der Waals surface area (Å²) >= 11 is 0. The Morgan fingerprint density at radius 1 is 1.26 bits per heavy atom. The van der Waals surface area contributed by atoms with Crippen LogP contribution in [0.5, 0.6) is 0 Å². The molecule has 3 rings (SSSR count). The standard InChI is InChI=1S/C17H23N5O/c1-11-4-5-14(10-12(11)2)16(23)20-17-19-15(21-22(17)3)13-6-8-18-9-7-13/h4-5,10,13,18H,6-9H2,1-3H3,(H,19,20,21,23).